The van der Waals surface area contributed by atoms with E-state index in [0.717, 1.165) is 6.33 Å². The van der Waals surface area contributed by atoms with Crippen molar-refractivity contribution in [2.75, 3.05) is 10.5 Å². The molecule has 19 heavy (non-hydrogen) atoms. The summed E-state index contributed by atoms with van der Waals surface area (Å²) < 4.78 is 27.0. The van der Waals surface area contributed by atoms with Crippen molar-refractivity contribution in [3.05, 3.63) is 40.2 Å². The zero-order valence-electron chi connectivity index (χ0n) is 9.34. The maximum atomic E-state index is 12.2. The average Bonchev–Trinajstić information content (AvgIpc) is 2.27. The number of aromatic nitrogens is 2. The molecule has 0 aliphatic rings. The molecule has 2 aromatic rings. The van der Waals surface area contributed by atoms with Gasteiger partial charge in [0.15, 0.2) is 0 Å². The summed E-state index contributed by atoms with van der Waals surface area (Å²) in [6.45, 7) is 0. The van der Waals surface area contributed by atoms with Gasteiger partial charge in [-0.05, 0) is 34.1 Å². The molecule has 0 saturated carbocycles. The van der Waals surface area contributed by atoms with E-state index in [2.05, 4.69) is 30.6 Å². The Balaban J connectivity index is 2.38. The van der Waals surface area contributed by atoms with Gasteiger partial charge in [-0.2, -0.15) is 0 Å². The number of nitrogens with two attached hydrogens (primary N) is 1. The summed E-state index contributed by atoms with van der Waals surface area (Å²) in [5, 5.41) is 0.143. The Hall–Kier alpha value is -1.38. The number of nitrogen functional groups attached to an aromatic ring is 1. The van der Waals surface area contributed by atoms with E-state index in [9.17, 15) is 8.42 Å². The highest BCUT2D eigenvalue weighted by atomic mass is 79.9. The van der Waals surface area contributed by atoms with Crippen LogP contribution in [0.15, 0.2) is 40.0 Å². The van der Waals surface area contributed by atoms with E-state index in [1.165, 1.54) is 24.3 Å². The van der Waals surface area contributed by atoms with Gasteiger partial charge in [0.2, 0.25) is 0 Å². The first-order chi connectivity index (χ1) is 8.88. The van der Waals surface area contributed by atoms with E-state index in [1.54, 1.807) is 0 Å². The molecule has 0 aliphatic carbocycles. The predicted molar refractivity (Wildman–Crippen MR) is 76.4 cm³/mol. The molecule has 1 heterocycles. The fraction of sp³-hybridized carbons (Fsp3) is 0. The molecule has 0 aliphatic heterocycles. The molecule has 0 bridgehead atoms. The lowest BCUT2D eigenvalue weighted by Gasteiger charge is -2.09. The lowest BCUT2D eigenvalue weighted by molar-refractivity contribution is 0.600. The van der Waals surface area contributed by atoms with Crippen LogP contribution in [0.4, 0.5) is 11.5 Å². The molecule has 0 fully saturated rings. The molecular weight excluding hydrogens is 356 g/mol. The Morgan fingerprint density at radius 1 is 1.26 bits per heavy atom. The maximum absolute atomic E-state index is 12.2. The molecule has 0 unspecified atom stereocenters. The van der Waals surface area contributed by atoms with Gasteiger partial charge in [-0.3, -0.25) is 4.72 Å². The smallest absolute Gasteiger partial charge is 0.264 e. The summed E-state index contributed by atoms with van der Waals surface area (Å²) in [7, 11) is -3.78. The van der Waals surface area contributed by atoms with E-state index < -0.39 is 10.0 Å². The van der Waals surface area contributed by atoms with Crippen molar-refractivity contribution in [3.63, 3.8) is 0 Å². The molecule has 0 atom stereocenters. The van der Waals surface area contributed by atoms with Gasteiger partial charge in [0.05, 0.1) is 0 Å². The van der Waals surface area contributed by atoms with Crippen LogP contribution < -0.4 is 10.5 Å². The van der Waals surface area contributed by atoms with Gasteiger partial charge < -0.3 is 5.73 Å². The number of hydrogen-bond acceptors (Lipinski definition) is 5. The highest BCUT2D eigenvalue weighted by Crippen LogP contribution is 2.25. The molecule has 0 amide bonds. The second kappa shape index (κ2) is 5.32. The van der Waals surface area contributed by atoms with Gasteiger partial charge in [0.1, 0.15) is 22.2 Å². The SMILES string of the molecule is Nc1ccc(S(=O)(=O)Nc2cc(Cl)ncn2)c(Br)c1. The Bertz CT molecular complexity index is 723. The molecular formula is C10H8BrClN4O2S. The lowest BCUT2D eigenvalue weighted by atomic mass is 10.3. The number of hydrogen-bond donors (Lipinski definition) is 2. The summed E-state index contributed by atoms with van der Waals surface area (Å²) in [6.07, 6.45) is 1.16. The quantitative estimate of drug-likeness (QED) is 0.644. The maximum Gasteiger partial charge on any atom is 0.264 e. The Morgan fingerprint density at radius 2 is 2.00 bits per heavy atom. The van der Waals surface area contributed by atoms with Crippen LogP contribution in [0, 0.1) is 0 Å². The molecule has 100 valence electrons. The molecule has 9 heteroatoms. The first-order valence-corrected chi connectivity index (χ1v) is 7.59. The Kier molecular flexibility index (Phi) is 3.93. The van der Waals surface area contributed by atoms with Gasteiger partial charge in [-0.15, -0.1) is 0 Å². The van der Waals surface area contributed by atoms with E-state index >= 15 is 0 Å². The van der Waals surface area contributed by atoms with Gasteiger partial charge in [-0.1, -0.05) is 11.6 Å². The van der Waals surface area contributed by atoms with Crippen molar-refractivity contribution < 1.29 is 8.42 Å². The molecule has 0 radical (unpaired) electrons. The third-order valence-corrected chi connectivity index (χ3v) is 4.66. The Morgan fingerprint density at radius 3 is 2.63 bits per heavy atom. The van der Waals surface area contributed by atoms with Crippen LogP contribution in [0.3, 0.4) is 0 Å². The van der Waals surface area contributed by atoms with Gasteiger partial charge in [0.25, 0.3) is 10.0 Å². The molecule has 0 spiro atoms. The first-order valence-electron chi connectivity index (χ1n) is 4.94. The van der Waals surface area contributed by atoms with Crippen LogP contribution in [0.2, 0.25) is 5.15 Å². The van der Waals surface area contributed by atoms with Gasteiger partial charge in [0, 0.05) is 16.2 Å². The minimum absolute atomic E-state index is 0.0523. The average molecular weight is 364 g/mol. The topological polar surface area (TPSA) is 98.0 Å². The largest absolute Gasteiger partial charge is 0.399 e. The zero-order chi connectivity index (χ0) is 14.0. The lowest BCUT2D eigenvalue weighted by Crippen LogP contribution is -2.14. The summed E-state index contributed by atoms with van der Waals surface area (Å²) in [5.41, 5.74) is 6.01. The number of nitrogens with zero attached hydrogens (tertiary/aromatic N) is 2. The van der Waals surface area contributed by atoms with Crippen molar-refractivity contribution in [3.8, 4) is 0 Å². The fourth-order valence-electron chi connectivity index (χ4n) is 1.32. The number of rotatable bonds is 3. The number of sulfonamides is 1. The summed E-state index contributed by atoms with van der Waals surface area (Å²) in [4.78, 5) is 7.49. The number of nitrogens with one attached hydrogen (secondary N) is 1. The highest BCUT2D eigenvalue weighted by molar-refractivity contribution is 9.10. The monoisotopic (exact) mass is 362 g/mol. The molecule has 1 aromatic carbocycles. The molecule has 0 saturated heterocycles. The highest BCUT2D eigenvalue weighted by Gasteiger charge is 2.18. The van der Waals surface area contributed by atoms with E-state index in [-0.39, 0.29) is 15.9 Å². The Labute approximate surface area is 123 Å². The van der Waals surface area contributed by atoms with Crippen molar-refractivity contribution >= 4 is 49.1 Å². The van der Waals surface area contributed by atoms with Gasteiger partial charge >= 0.3 is 0 Å². The standard InChI is InChI=1S/C10H8BrClN4O2S/c11-7-3-6(13)1-2-8(7)19(17,18)16-10-4-9(12)14-5-15-10/h1-5H,13H2,(H,14,15,16). The number of anilines is 2. The molecule has 3 N–H and O–H groups in total. The van der Waals surface area contributed by atoms with Crippen molar-refractivity contribution in [1.29, 1.82) is 0 Å². The minimum Gasteiger partial charge on any atom is -0.399 e. The molecule has 6 nitrogen and oxygen atoms in total. The molecule has 1 aromatic heterocycles. The summed E-state index contributed by atoms with van der Waals surface area (Å²) in [6, 6.07) is 5.70. The van der Waals surface area contributed by atoms with Crippen LogP contribution in [0.25, 0.3) is 0 Å². The van der Waals surface area contributed by atoms with E-state index in [0.29, 0.717) is 10.2 Å². The van der Waals surface area contributed by atoms with Crippen LogP contribution in [-0.2, 0) is 10.0 Å². The van der Waals surface area contributed by atoms with Crippen LogP contribution in [-0.4, -0.2) is 18.4 Å². The first kappa shape index (κ1) is 14.0. The van der Waals surface area contributed by atoms with Gasteiger partial charge in [-0.25, -0.2) is 18.4 Å². The van der Waals surface area contributed by atoms with Crippen LogP contribution in [0.1, 0.15) is 0 Å². The van der Waals surface area contributed by atoms with Crippen LogP contribution in [0.5, 0.6) is 0 Å². The van der Waals surface area contributed by atoms with Crippen molar-refractivity contribution in [2.45, 2.75) is 4.90 Å². The molecule has 2 rings (SSSR count). The van der Waals surface area contributed by atoms with Crippen molar-refractivity contribution in [1.82, 2.24) is 9.97 Å². The number of benzene rings is 1. The third kappa shape index (κ3) is 3.34. The van der Waals surface area contributed by atoms with E-state index in [4.69, 9.17) is 17.3 Å². The summed E-state index contributed by atoms with van der Waals surface area (Å²) in [5.74, 6) is 0.0868. The summed E-state index contributed by atoms with van der Waals surface area (Å²) >= 11 is 8.81. The normalized spacial score (nSPS) is 11.3. The number of halogens is 2. The predicted octanol–water partition coefficient (Wildman–Crippen LogP) is 2.28. The van der Waals surface area contributed by atoms with E-state index in [1.807, 2.05) is 0 Å². The minimum atomic E-state index is -3.78. The van der Waals surface area contributed by atoms with Crippen molar-refractivity contribution in [2.24, 2.45) is 0 Å². The third-order valence-electron chi connectivity index (χ3n) is 2.12. The second-order valence-corrected chi connectivity index (χ2v) is 6.41. The second-order valence-electron chi connectivity index (χ2n) is 3.52. The fourth-order valence-corrected chi connectivity index (χ4v) is 3.56. The zero-order valence-corrected chi connectivity index (χ0v) is 12.5. The van der Waals surface area contributed by atoms with Crippen LogP contribution >= 0.6 is 27.5 Å².